The fourth-order valence-corrected chi connectivity index (χ4v) is 7.57. The van der Waals surface area contributed by atoms with Crippen LogP contribution in [0.15, 0.2) is 58.9 Å². The monoisotopic (exact) mass is 444 g/mol. The number of ether oxygens (including phenoxy) is 1. The summed E-state index contributed by atoms with van der Waals surface area (Å²) in [4.78, 5) is 2.74. The second kappa shape index (κ2) is 8.65. The Bertz CT molecular complexity index is 1120. The number of fused-ring (bicyclic) bond motifs is 2. The van der Waals surface area contributed by atoms with Crippen molar-refractivity contribution in [3.63, 3.8) is 0 Å². The van der Waals surface area contributed by atoms with Gasteiger partial charge in [-0.1, -0.05) is 50.3 Å². The van der Waals surface area contributed by atoms with Crippen molar-refractivity contribution < 1.29 is 13.2 Å². The molecule has 1 aliphatic carbocycles. The Morgan fingerprint density at radius 1 is 1.13 bits per heavy atom. The number of hydrogen-bond acceptors (Lipinski definition) is 5. The van der Waals surface area contributed by atoms with E-state index < -0.39 is 10.0 Å². The van der Waals surface area contributed by atoms with Gasteiger partial charge in [0.1, 0.15) is 12.4 Å². The molecule has 1 aromatic heterocycles. The standard InChI is InChI=1S/C23H28N2O3S2/c1-4-24(5-2)14-15-28-23-17(3)25(20-12-8-6-10-18(20)23)30(26,27)22-16-29-21-13-9-7-11-19(21)22/h6-13,16,19,21H,4-5,14-15H2,1-3H3. The Labute approximate surface area is 183 Å². The van der Waals surface area contributed by atoms with Crippen LogP contribution >= 0.6 is 11.8 Å². The maximum absolute atomic E-state index is 13.8. The van der Waals surface area contributed by atoms with Crippen molar-refractivity contribution in [2.45, 2.75) is 26.0 Å². The predicted octanol–water partition coefficient (Wildman–Crippen LogP) is 4.55. The van der Waals surface area contributed by atoms with Crippen molar-refractivity contribution in [1.82, 2.24) is 8.87 Å². The molecule has 0 N–H and O–H groups in total. The first-order valence-electron chi connectivity index (χ1n) is 10.4. The summed E-state index contributed by atoms with van der Waals surface area (Å²) >= 11 is 1.57. The molecule has 2 aliphatic rings. The van der Waals surface area contributed by atoms with Gasteiger partial charge in [0.05, 0.1) is 16.1 Å². The molecule has 1 aromatic carbocycles. The third kappa shape index (κ3) is 3.63. The largest absolute Gasteiger partial charge is 0.490 e. The highest BCUT2D eigenvalue weighted by atomic mass is 32.2. The molecule has 7 heteroatoms. The van der Waals surface area contributed by atoms with Crippen LogP contribution < -0.4 is 4.74 Å². The number of rotatable bonds is 8. The summed E-state index contributed by atoms with van der Waals surface area (Å²) < 4.78 is 35.2. The second-order valence-electron chi connectivity index (χ2n) is 7.49. The highest BCUT2D eigenvalue weighted by Gasteiger charge is 2.38. The fourth-order valence-electron chi connectivity index (χ4n) is 4.15. The van der Waals surface area contributed by atoms with Crippen LogP contribution in [0, 0.1) is 12.8 Å². The molecule has 0 amide bonds. The van der Waals surface area contributed by atoms with E-state index in [2.05, 4.69) is 24.8 Å². The number of likely N-dealkylation sites (N-methyl/N-ethyl adjacent to an activating group) is 1. The highest BCUT2D eigenvalue weighted by molar-refractivity contribution is 8.04. The van der Waals surface area contributed by atoms with Crippen LogP contribution in [-0.4, -0.2) is 48.8 Å². The molecule has 0 fully saturated rings. The molecule has 2 aromatic rings. The van der Waals surface area contributed by atoms with E-state index in [9.17, 15) is 8.42 Å². The van der Waals surface area contributed by atoms with Gasteiger partial charge >= 0.3 is 0 Å². The van der Waals surface area contributed by atoms with Crippen LogP contribution in [0.25, 0.3) is 10.9 Å². The fraction of sp³-hybridized carbons (Fsp3) is 0.391. The maximum Gasteiger partial charge on any atom is 0.265 e. The molecule has 1 aliphatic heterocycles. The zero-order valence-electron chi connectivity index (χ0n) is 17.6. The minimum absolute atomic E-state index is 0.127. The van der Waals surface area contributed by atoms with Crippen molar-refractivity contribution in [3.05, 3.63) is 64.6 Å². The number of hydrogen-bond donors (Lipinski definition) is 0. The number of thioether (sulfide) groups is 1. The molecule has 30 heavy (non-hydrogen) atoms. The first kappa shape index (κ1) is 21.3. The van der Waals surface area contributed by atoms with Gasteiger partial charge in [-0.15, -0.1) is 11.8 Å². The molecular weight excluding hydrogens is 416 g/mol. The average molecular weight is 445 g/mol. The van der Waals surface area contributed by atoms with Crippen molar-refractivity contribution >= 4 is 32.7 Å². The number of aromatic nitrogens is 1. The lowest BCUT2D eigenvalue weighted by molar-refractivity contribution is 0.223. The van der Waals surface area contributed by atoms with Gasteiger partial charge in [-0.05, 0) is 37.6 Å². The van der Waals surface area contributed by atoms with E-state index in [-0.39, 0.29) is 11.2 Å². The molecule has 0 spiro atoms. The summed E-state index contributed by atoms with van der Waals surface area (Å²) in [7, 11) is -3.71. The SMILES string of the molecule is CCN(CC)CCOc1c(C)n(S(=O)(=O)C2=CSC3C=CC=CC23)c2ccccc12. The Hall–Kier alpha value is -1.96. The topological polar surface area (TPSA) is 51.5 Å². The van der Waals surface area contributed by atoms with Gasteiger partial charge in [0.25, 0.3) is 10.0 Å². The highest BCUT2D eigenvalue weighted by Crippen LogP contribution is 2.44. The summed E-state index contributed by atoms with van der Waals surface area (Å²) in [5.74, 6) is 0.529. The Morgan fingerprint density at radius 2 is 1.87 bits per heavy atom. The molecular formula is C23H28N2O3S2. The third-order valence-electron chi connectivity index (χ3n) is 5.84. The third-order valence-corrected chi connectivity index (χ3v) is 9.08. The second-order valence-corrected chi connectivity index (χ2v) is 10.3. The minimum atomic E-state index is -3.71. The Morgan fingerprint density at radius 3 is 2.63 bits per heavy atom. The lowest BCUT2D eigenvalue weighted by atomic mass is 10.0. The molecule has 0 bridgehead atoms. The Kier molecular flexibility index (Phi) is 6.14. The van der Waals surface area contributed by atoms with Crippen LogP contribution in [0.2, 0.25) is 0 Å². The summed E-state index contributed by atoms with van der Waals surface area (Å²) in [6, 6.07) is 7.58. The number of benzene rings is 1. The van der Waals surface area contributed by atoms with Crippen LogP contribution in [0.4, 0.5) is 0 Å². The van der Waals surface area contributed by atoms with Crippen molar-refractivity contribution in [2.24, 2.45) is 5.92 Å². The van der Waals surface area contributed by atoms with E-state index in [1.807, 2.05) is 49.4 Å². The molecule has 2 heterocycles. The van der Waals surface area contributed by atoms with Gasteiger partial charge in [-0.3, -0.25) is 0 Å². The number of allylic oxidation sites excluding steroid dienone is 4. The zero-order valence-corrected chi connectivity index (χ0v) is 19.2. The van der Waals surface area contributed by atoms with E-state index in [1.54, 1.807) is 17.2 Å². The van der Waals surface area contributed by atoms with E-state index in [0.29, 0.717) is 28.5 Å². The van der Waals surface area contributed by atoms with Crippen LogP contribution in [0.5, 0.6) is 5.75 Å². The summed E-state index contributed by atoms with van der Waals surface area (Å²) in [6.07, 6.45) is 7.96. The van der Waals surface area contributed by atoms with Crippen molar-refractivity contribution in [3.8, 4) is 5.75 Å². The molecule has 5 nitrogen and oxygen atoms in total. The predicted molar refractivity (Wildman–Crippen MR) is 126 cm³/mol. The molecule has 2 atom stereocenters. The van der Waals surface area contributed by atoms with Crippen molar-refractivity contribution in [1.29, 1.82) is 0 Å². The van der Waals surface area contributed by atoms with Gasteiger partial charge in [0.2, 0.25) is 0 Å². The molecule has 0 saturated heterocycles. The molecule has 4 rings (SSSR count). The quantitative estimate of drug-likeness (QED) is 0.598. The van der Waals surface area contributed by atoms with E-state index in [1.165, 1.54) is 3.97 Å². The van der Waals surface area contributed by atoms with Crippen LogP contribution in [-0.2, 0) is 10.0 Å². The molecule has 0 radical (unpaired) electrons. The van der Waals surface area contributed by atoms with Gasteiger partial charge < -0.3 is 9.64 Å². The Balaban J connectivity index is 1.72. The molecule has 2 unspecified atom stereocenters. The molecule has 0 saturated carbocycles. The smallest absolute Gasteiger partial charge is 0.265 e. The van der Waals surface area contributed by atoms with Crippen LogP contribution in [0.1, 0.15) is 19.5 Å². The minimum Gasteiger partial charge on any atom is -0.490 e. The van der Waals surface area contributed by atoms with Crippen LogP contribution in [0.3, 0.4) is 0 Å². The molecule has 160 valence electrons. The van der Waals surface area contributed by atoms with Gasteiger partial charge in [0, 0.05) is 23.1 Å². The van der Waals surface area contributed by atoms with E-state index in [0.717, 1.165) is 25.0 Å². The lowest BCUT2D eigenvalue weighted by Gasteiger charge is -2.20. The first-order valence-corrected chi connectivity index (χ1v) is 12.8. The average Bonchev–Trinajstić information content (AvgIpc) is 3.31. The summed E-state index contributed by atoms with van der Waals surface area (Å²) in [5.41, 5.74) is 1.29. The van der Waals surface area contributed by atoms with Gasteiger partial charge in [-0.25, -0.2) is 12.4 Å². The van der Waals surface area contributed by atoms with Gasteiger partial charge in [0.15, 0.2) is 0 Å². The zero-order chi connectivity index (χ0) is 21.3. The lowest BCUT2D eigenvalue weighted by Crippen LogP contribution is -2.28. The van der Waals surface area contributed by atoms with E-state index in [4.69, 9.17) is 4.74 Å². The summed E-state index contributed by atoms with van der Waals surface area (Å²) in [5, 5.41) is 2.78. The normalized spacial score (nSPS) is 20.7. The number of para-hydroxylation sites is 1. The summed E-state index contributed by atoms with van der Waals surface area (Å²) in [6.45, 7) is 9.35. The number of nitrogens with zero attached hydrogens (tertiary/aromatic N) is 2. The first-order chi connectivity index (χ1) is 14.5. The van der Waals surface area contributed by atoms with E-state index >= 15 is 0 Å². The van der Waals surface area contributed by atoms with Gasteiger partial charge in [-0.2, -0.15) is 0 Å². The van der Waals surface area contributed by atoms with Crippen molar-refractivity contribution in [2.75, 3.05) is 26.2 Å². The maximum atomic E-state index is 13.8.